The number of hydrogen-bond acceptors (Lipinski definition) is 3. The molecule has 2 nitrogen and oxygen atoms in total. The Morgan fingerprint density at radius 1 is 1.73 bits per heavy atom. The van der Waals surface area contributed by atoms with Gasteiger partial charge in [0, 0.05) is 12.0 Å². The first-order valence-corrected chi connectivity index (χ1v) is 4.43. The molecule has 1 unspecified atom stereocenters. The Morgan fingerprint density at radius 2 is 2.45 bits per heavy atom. The minimum Gasteiger partial charge on any atom is -0.383 e. The maximum absolute atomic E-state index is 5.75. The first-order chi connectivity index (χ1) is 5.24. The fourth-order valence-corrected chi connectivity index (χ4v) is 1.84. The fourth-order valence-electron chi connectivity index (χ4n) is 0.789. The summed E-state index contributed by atoms with van der Waals surface area (Å²) in [5.74, 6) is 0. The molecule has 0 spiro atoms. The topological polar surface area (TPSA) is 35.2 Å². The standard InChI is InChI=1S/C7H10ClNOS/c1-10-4-5(9)6-2-3-7(8)11-6/h2-3,5H,4,9H2,1H3. The highest BCUT2D eigenvalue weighted by Gasteiger charge is 2.07. The van der Waals surface area contributed by atoms with Gasteiger partial charge in [0.25, 0.3) is 0 Å². The summed E-state index contributed by atoms with van der Waals surface area (Å²) in [4.78, 5) is 1.07. The zero-order valence-electron chi connectivity index (χ0n) is 6.21. The van der Waals surface area contributed by atoms with Crippen molar-refractivity contribution in [3.63, 3.8) is 0 Å². The molecule has 1 aromatic rings. The van der Waals surface area contributed by atoms with Crippen molar-refractivity contribution in [3.05, 3.63) is 21.3 Å². The van der Waals surface area contributed by atoms with E-state index >= 15 is 0 Å². The fraction of sp³-hybridized carbons (Fsp3) is 0.429. The normalized spacial score (nSPS) is 13.4. The van der Waals surface area contributed by atoms with Gasteiger partial charge in [0.05, 0.1) is 17.0 Å². The van der Waals surface area contributed by atoms with Crippen LogP contribution in [0.2, 0.25) is 4.34 Å². The summed E-state index contributed by atoms with van der Waals surface area (Å²) in [5.41, 5.74) is 5.75. The first-order valence-electron chi connectivity index (χ1n) is 3.24. The van der Waals surface area contributed by atoms with Crippen LogP contribution in [0.5, 0.6) is 0 Å². The van der Waals surface area contributed by atoms with Gasteiger partial charge in [0.15, 0.2) is 0 Å². The minimum absolute atomic E-state index is 0.0440. The Labute approximate surface area is 74.9 Å². The molecule has 1 rings (SSSR count). The van der Waals surface area contributed by atoms with Gasteiger partial charge in [-0.2, -0.15) is 0 Å². The van der Waals surface area contributed by atoms with Crippen LogP contribution in [-0.4, -0.2) is 13.7 Å². The SMILES string of the molecule is COCC(N)c1ccc(Cl)s1. The molecule has 0 amide bonds. The summed E-state index contributed by atoms with van der Waals surface area (Å²) in [5, 5.41) is 0. The lowest BCUT2D eigenvalue weighted by Crippen LogP contribution is -2.14. The van der Waals surface area contributed by atoms with Crippen LogP contribution >= 0.6 is 22.9 Å². The van der Waals surface area contributed by atoms with E-state index in [1.807, 2.05) is 12.1 Å². The number of rotatable bonds is 3. The summed E-state index contributed by atoms with van der Waals surface area (Å²) >= 11 is 7.22. The molecule has 0 saturated carbocycles. The summed E-state index contributed by atoms with van der Waals surface area (Å²) < 4.78 is 5.68. The quantitative estimate of drug-likeness (QED) is 0.794. The summed E-state index contributed by atoms with van der Waals surface area (Å²) in [6, 6.07) is 3.73. The third-order valence-corrected chi connectivity index (χ3v) is 2.67. The van der Waals surface area contributed by atoms with E-state index in [0.717, 1.165) is 9.21 Å². The second-order valence-corrected chi connectivity index (χ2v) is 3.95. The molecule has 0 saturated heterocycles. The number of ether oxygens (including phenoxy) is 1. The number of halogens is 1. The van der Waals surface area contributed by atoms with Gasteiger partial charge in [0.2, 0.25) is 0 Å². The highest BCUT2D eigenvalue weighted by atomic mass is 35.5. The van der Waals surface area contributed by atoms with Crippen LogP contribution in [0.3, 0.4) is 0 Å². The predicted molar refractivity (Wildman–Crippen MR) is 48.1 cm³/mol. The molecule has 1 aromatic heterocycles. The van der Waals surface area contributed by atoms with Gasteiger partial charge in [-0.1, -0.05) is 11.6 Å². The monoisotopic (exact) mass is 191 g/mol. The van der Waals surface area contributed by atoms with Gasteiger partial charge in [-0.05, 0) is 12.1 Å². The molecule has 0 fully saturated rings. The molecule has 0 radical (unpaired) electrons. The van der Waals surface area contributed by atoms with Gasteiger partial charge in [-0.15, -0.1) is 11.3 Å². The molecule has 1 atom stereocenters. The third kappa shape index (κ3) is 2.45. The van der Waals surface area contributed by atoms with E-state index in [1.165, 1.54) is 11.3 Å². The Balaban J connectivity index is 2.60. The summed E-state index contributed by atoms with van der Waals surface area (Å²) in [7, 11) is 1.63. The average molecular weight is 192 g/mol. The van der Waals surface area contributed by atoms with E-state index in [1.54, 1.807) is 7.11 Å². The number of thiophene rings is 1. The molecule has 11 heavy (non-hydrogen) atoms. The van der Waals surface area contributed by atoms with Crippen LogP contribution in [0.15, 0.2) is 12.1 Å². The third-order valence-electron chi connectivity index (χ3n) is 1.31. The highest BCUT2D eigenvalue weighted by Crippen LogP contribution is 2.25. The van der Waals surface area contributed by atoms with E-state index in [-0.39, 0.29) is 6.04 Å². The molecule has 0 aliphatic carbocycles. The molecule has 0 bridgehead atoms. The van der Waals surface area contributed by atoms with Crippen molar-refractivity contribution in [2.24, 2.45) is 5.73 Å². The minimum atomic E-state index is -0.0440. The van der Waals surface area contributed by atoms with E-state index in [2.05, 4.69) is 0 Å². The summed E-state index contributed by atoms with van der Waals surface area (Å²) in [6.45, 7) is 0.539. The zero-order valence-corrected chi connectivity index (χ0v) is 7.78. The number of nitrogens with two attached hydrogens (primary N) is 1. The van der Waals surface area contributed by atoms with Gasteiger partial charge < -0.3 is 10.5 Å². The van der Waals surface area contributed by atoms with E-state index in [9.17, 15) is 0 Å². The summed E-state index contributed by atoms with van der Waals surface area (Å²) in [6.07, 6.45) is 0. The van der Waals surface area contributed by atoms with Crippen molar-refractivity contribution >= 4 is 22.9 Å². The largest absolute Gasteiger partial charge is 0.383 e. The molecule has 4 heteroatoms. The van der Waals surface area contributed by atoms with Crippen LogP contribution in [0, 0.1) is 0 Å². The Hall–Kier alpha value is -0.0900. The molecule has 0 aliphatic rings. The van der Waals surface area contributed by atoms with Crippen molar-refractivity contribution in [1.29, 1.82) is 0 Å². The maximum atomic E-state index is 5.75. The van der Waals surface area contributed by atoms with E-state index in [0.29, 0.717) is 6.61 Å². The molecular formula is C7H10ClNOS. The van der Waals surface area contributed by atoms with Crippen LogP contribution in [0.25, 0.3) is 0 Å². The maximum Gasteiger partial charge on any atom is 0.0931 e. The molecule has 62 valence electrons. The molecule has 0 aromatic carbocycles. The second kappa shape index (κ2) is 4.07. The lowest BCUT2D eigenvalue weighted by molar-refractivity contribution is 0.182. The molecule has 0 aliphatic heterocycles. The van der Waals surface area contributed by atoms with Crippen molar-refractivity contribution in [2.45, 2.75) is 6.04 Å². The average Bonchev–Trinajstić information content (AvgIpc) is 2.36. The van der Waals surface area contributed by atoms with E-state index < -0.39 is 0 Å². The highest BCUT2D eigenvalue weighted by molar-refractivity contribution is 7.16. The number of methoxy groups -OCH3 is 1. The smallest absolute Gasteiger partial charge is 0.0931 e. The Morgan fingerprint density at radius 3 is 2.91 bits per heavy atom. The lowest BCUT2D eigenvalue weighted by atomic mass is 10.3. The van der Waals surface area contributed by atoms with Crippen molar-refractivity contribution < 1.29 is 4.74 Å². The predicted octanol–water partition coefficient (Wildman–Crippen LogP) is 2.05. The van der Waals surface area contributed by atoms with Crippen LogP contribution in [0.1, 0.15) is 10.9 Å². The first kappa shape index (κ1) is 9.00. The molecule has 2 N–H and O–H groups in total. The van der Waals surface area contributed by atoms with Gasteiger partial charge in [0.1, 0.15) is 0 Å². The molecular weight excluding hydrogens is 182 g/mol. The van der Waals surface area contributed by atoms with Crippen molar-refractivity contribution in [2.75, 3.05) is 13.7 Å². The molecule has 1 heterocycles. The lowest BCUT2D eigenvalue weighted by Gasteiger charge is -2.06. The second-order valence-electron chi connectivity index (χ2n) is 2.20. The Bertz CT molecular complexity index is 226. The van der Waals surface area contributed by atoms with Crippen molar-refractivity contribution in [1.82, 2.24) is 0 Å². The van der Waals surface area contributed by atoms with Crippen LogP contribution in [0.4, 0.5) is 0 Å². The zero-order chi connectivity index (χ0) is 8.27. The van der Waals surface area contributed by atoms with Crippen LogP contribution < -0.4 is 5.73 Å². The van der Waals surface area contributed by atoms with Crippen molar-refractivity contribution in [3.8, 4) is 0 Å². The van der Waals surface area contributed by atoms with Gasteiger partial charge >= 0.3 is 0 Å². The van der Waals surface area contributed by atoms with E-state index in [4.69, 9.17) is 22.1 Å². The van der Waals surface area contributed by atoms with Crippen LogP contribution in [-0.2, 0) is 4.74 Å². The Kier molecular flexibility index (Phi) is 3.33. The number of hydrogen-bond donors (Lipinski definition) is 1. The van der Waals surface area contributed by atoms with Gasteiger partial charge in [-0.25, -0.2) is 0 Å². The van der Waals surface area contributed by atoms with Gasteiger partial charge in [-0.3, -0.25) is 0 Å².